The predicted molar refractivity (Wildman–Crippen MR) is 57.4 cm³/mol. The fourth-order valence-corrected chi connectivity index (χ4v) is 2.05. The molecule has 78 valence electrons. The standard InChI is InChI=1S/C9H20N2OS/c1-13(12)6-5-11-8-9-3-2-4-10-7-9/h9-11H,2-8H2,1H3. The van der Waals surface area contributed by atoms with E-state index >= 15 is 0 Å². The highest BCUT2D eigenvalue weighted by Gasteiger charge is 2.11. The van der Waals surface area contributed by atoms with Crippen molar-refractivity contribution in [1.29, 1.82) is 0 Å². The molecule has 0 aromatic heterocycles. The van der Waals surface area contributed by atoms with Gasteiger partial charge in [-0.3, -0.25) is 4.21 Å². The molecular weight excluding hydrogens is 184 g/mol. The van der Waals surface area contributed by atoms with Gasteiger partial charge in [0.2, 0.25) is 0 Å². The van der Waals surface area contributed by atoms with Gasteiger partial charge < -0.3 is 10.6 Å². The van der Waals surface area contributed by atoms with Gasteiger partial charge in [-0.05, 0) is 38.4 Å². The molecule has 1 fully saturated rings. The Hall–Kier alpha value is 0.0700. The summed E-state index contributed by atoms with van der Waals surface area (Å²) < 4.78 is 10.8. The monoisotopic (exact) mass is 204 g/mol. The first kappa shape index (κ1) is 11.1. The fourth-order valence-electron chi connectivity index (χ4n) is 1.62. The van der Waals surface area contributed by atoms with Crippen molar-refractivity contribution in [2.75, 3.05) is 38.2 Å². The van der Waals surface area contributed by atoms with Gasteiger partial charge in [-0.1, -0.05) is 0 Å². The van der Waals surface area contributed by atoms with Gasteiger partial charge in [0, 0.05) is 29.4 Å². The van der Waals surface area contributed by atoms with Crippen LogP contribution in [0.1, 0.15) is 12.8 Å². The molecule has 1 rings (SSSR count). The average molecular weight is 204 g/mol. The van der Waals surface area contributed by atoms with Crippen molar-refractivity contribution < 1.29 is 4.21 Å². The summed E-state index contributed by atoms with van der Waals surface area (Å²) in [4.78, 5) is 0. The van der Waals surface area contributed by atoms with Crippen LogP contribution in [0.3, 0.4) is 0 Å². The zero-order valence-electron chi connectivity index (χ0n) is 8.34. The van der Waals surface area contributed by atoms with Crippen LogP contribution in [-0.4, -0.2) is 42.4 Å². The molecule has 13 heavy (non-hydrogen) atoms. The quantitative estimate of drug-likeness (QED) is 0.617. The van der Waals surface area contributed by atoms with E-state index in [1.54, 1.807) is 6.26 Å². The minimum Gasteiger partial charge on any atom is -0.316 e. The van der Waals surface area contributed by atoms with Crippen LogP contribution in [0.15, 0.2) is 0 Å². The van der Waals surface area contributed by atoms with Crippen LogP contribution >= 0.6 is 0 Å². The van der Waals surface area contributed by atoms with Crippen molar-refractivity contribution >= 4 is 10.8 Å². The van der Waals surface area contributed by atoms with E-state index in [1.165, 1.54) is 19.4 Å². The minimum absolute atomic E-state index is 0.650. The lowest BCUT2D eigenvalue weighted by Crippen LogP contribution is -2.36. The van der Waals surface area contributed by atoms with Crippen LogP contribution in [0, 0.1) is 5.92 Å². The molecule has 2 unspecified atom stereocenters. The van der Waals surface area contributed by atoms with E-state index < -0.39 is 10.8 Å². The third kappa shape index (κ3) is 5.39. The van der Waals surface area contributed by atoms with E-state index in [1.807, 2.05) is 0 Å². The topological polar surface area (TPSA) is 41.1 Å². The molecule has 1 heterocycles. The first-order chi connectivity index (χ1) is 6.29. The normalized spacial score (nSPS) is 25.8. The molecule has 0 aromatic carbocycles. The summed E-state index contributed by atoms with van der Waals surface area (Å²) in [6, 6.07) is 0. The zero-order chi connectivity index (χ0) is 9.52. The molecule has 2 atom stereocenters. The highest BCUT2D eigenvalue weighted by molar-refractivity contribution is 7.84. The lowest BCUT2D eigenvalue weighted by atomic mass is 10.00. The van der Waals surface area contributed by atoms with Crippen LogP contribution in [0.5, 0.6) is 0 Å². The molecule has 0 saturated carbocycles. The van der Waals surface area contributed by atoms with Gasteiger partial charge in [0.25, 0.3) is 0 Å². The number of hydrogen-bond acceptors (Lipinski definition) is 3. The molecule has 1 saturated heterocycles. The van der Waals surface area contributed by atoms with Crippen LogP contribution in [0.25, 0.3) is 0 Å². The van der Waals surface area contributed by atoms with Crippen molar-refractivity contribution in [3.63, 3.8) is 0 Å². The van der Waals surface area contributed by atoms with Crippen LogP contribution in [-0.2, 0) is 10.8 Å². The van der Waals surface area contributed by atoms with E-state index in [-0.39, 0.29) is 0 Å². The first-order valence-electron chi connectivity index (χ1n) is 5.00. The Morgan fingerprint density at radius 3 is 3.08 bits per heavy atom. The van der Waals surface area contributed by atoms with E-state index in [4.69, 9.17) is 0 Å². The molecule has 1 aliphatic heterocycles. The summed E-state index contributed by atoms with van der Waals surface area (Å²) in [7, 11) is -0.650. The number of rotatable bonds is 5. The molecule has 0 amide bonds. The van der Waals surface area contributed by atoms with Crippen molar-refractivity contribution in [1.82, 2.24) is 10.6 Å². The van der Waals surface area contributed by atoms with Crippen LogP contribution in [0.2, 0.25) is 0 Å². The van der Waals surface area contributed by atoms with Crippen LogP contribution in [0.4, 0.5) is 0 Å². The van der Waals surface area contributed by atoms with Crippen molar-refractivity contribution in [2.45, 2.75) is 12.8 Å². The maximum absolute atomic E-state index is 10.8. The summed E-state index contributed by atoms with van der Waals surface area (Å²) in [5, 5.41) is 6.74. The summed E-state index contributed by atoms with van der Waals surface area (Å²) in [6.45, 7) is 4.28. The molecule has 2 N–H and O–H groups in total. The Morgan fingerprint density at radius 1 is 1.62 bits per heavy atom. The molecule has 0 spiro atoms. The van der Waals surface area contributed by atoms with E-state index in [0.29, 0.717) is 0 Å². The maximum Gasteiger partial charge on any atom is 0.0357 e. The molecule has 0 aromatic rings. The second-order valence-electron chi connectivity index (χ2n) is 3.69. The highest BCUT2D eigenvalue weighted by Crippen LogP contribution is 2.07. The van der Waals surface area contributed by atoms with Crippen molar-refractivity contribution in [3.05, 3.63) is 0 Å². The van der Waals surface area contributed by atoms with Gasteiger partial charge in [-0.2, -0.15) is 0 Å². The van der Waals surface area contributed by atoms with Gasteiger partial charge in [-0.25, -0.2) is 0 Å². The van der Waals surface area contributed by atoms with Gasteiger partial charge in [0.05, 0.1) is 0 Å². The number of nitrogens with one attached hydrogen (secondary N) is 2. The largest absolute Gasteiger partial charge is 0.316 e. The van der Waals surface area contributed by atoms with Crippen molar-refractivity contribution in [2.24, 2.45) is 5.92 Å². The number of piperidine rings is 1. The van der Waals surface area contributed by atoms with E-state index in [0.717, 1.165) is 31.3 Å². The molecule has 0 aliphatic carbocycles. The zero-order valence-corrected chi connectivity index (χ0v) is 9.16. The maximum atomic E-state index is 10.8. The molecule has 0 bridgehead atoms. The Kier molecular flexibility index (Phi) is 5.58. The van der Waals surface area contributed by atoms with E-state index in [2.05, 4.69) is 10.6 Å². The lowest BCUT2D eigenvalue weighted by Gasteiger charge is -2.22. The first-order valence-corrected chi connectivity index (χ1v) is 6.73. The lowest BCUT2D eigenvalue weighted by molar-refractivity contribution is 0.363. The van der Waals surface area contributed by atoms with Gasteiger partial charge in [0.1, 0.15) is 0 Å². The minimum atomic E-state index is -0.650. The molecule has 0 radical (unpaired) electrons. The molecule has 3 nitrogen and oxygen atoms in total. The summed E-state index contributed by atoms with van der Waals surface area (Å²) in [5.74, 6) is 1.55. The second kappa shape index (κ2) is 6.51. The summed E-state index contributed by atoms with van der Waals surface area (Å²) >= 11 is 0. The number of hydrogen-bond donors (Lipinski definition) is 2. The van der Waals surface area contributed by atoms with Crippen molar-refractivity contribution in [3.8, 4) is 0 Å². The smallest absolute Gasteiger partial charge is 0.0357 e. The Balaban J connectivity index is 1.95. The Morgan fingerprint density at radius 2 is 2.46 bits per heavy atom. The molecular formula is C9H20N2OS. The van der Waals surface area contributed by atoms with Gasteiger partial charge in [-0.15, -0.1) is 0 Å². The highest BCUT2D eigenvalue weighted by atomic mass is 32.2. The third-order valence-corrected chi connectivity index (χ3v) is 3.18. The Labute approximate surface area is 83.1 Å². The fraction of sp³-hybridized carbons (Fsp3) is 1.00. The van der Waals surface area contributed by atoms with Gasteiger partial charge >= 0.3 is 0 Å². The predicted octanol–water partition coefficient (Wildman–Crippen LogP) is -0.0459. The summed E-state index contributed by atoms with van der Waals surface area (Å²) in [5.41, 5.74) is 0. The van der Waals surface area contributed by atoms with E-state index in [9.17, 15) is 4.21 Å². The molecule has 4 heteroatoms. The van der Waals surface area contributed by atoms with Gasteiger partial charge in [0.15, 0.2) is 0 Å². The van der Waals surface area contributed by atoms with Crippen LogP contribution < -0.4 is 10.6 Å². The SMILES string of the molecule is CS(=O)CCNCC1CCCNC1. The third-order valence-electron chi connectivity index (χ3n) is 2.40. The molecule has 1 aliphatic rings. The summed E-state index contributed by atoms with van der Waals surface area (Å²) in [6.07, 6.45) is 4.38. The average Bonchev–Trinajstić information content (AvgIpc) is 2.14. The Bertz CT molecular complexity index is 158. The second-order valence-corrected chi connectivity index (χ2v) is 5.25.